The summed E-state index contributed by atoms with van der Waals surface area (Å²) in [5, 5.41) is 4.91. The van der Waals surface area contributed by atoms with Crippen LogP contribution in [0, 0.1) is 5.92 Å². The number of nitrogens with zero attached hydrogens (tertiary/aromatic N) is 1. The molecule has 4 amide bonds. The van der Waals surface area contributed by atoms with Crippen LogP contribution in [-0.4, -0.2) is 41.4 Å². The number of hydrogen-bond donors (Lipinski definition) is 2. The Morgan fingerprint density at radius 2 is 2.21 bits per heavy atom. The molecule has 2 aliphatic heterocycles. The molecule has 1 aliphatic carbocycles. The molecule has 2 atom stereocenters. The van der Waals surface area contributed by atoms with Gasteiger partial charge in [-0.05, 0) is 25.7 Å². The van der Waals surface area contributed by atoms with Crippen LogP contribution in [0.25, 0.3) is 0 Å². The van der Waals surface area contributed by atoms with Crippen LogP contribution in [0.4, 0.5) is 4.79 Å². The summed E-state index contributed by atoms with van der Waals surface area (Å²) in [6, 6.07) is -0.458. The molecule has 0 aromatic rings. The van der Waals surface area contributed by atoms with Crippen molar-refractivity contribution >= 4 is 17.8 Å². The molecule has 0 bridgehead atoms. The highest BCUT2D eigenvalue weighted by Crippen LogP contribution is 2.28. The van der Waals surface area contributed by atoms with E-state index in [0.717, 1.165) is 19.3 Å². The van der Waals surface area contributed by atoms with Gasteiger partial charge in [0.15, 0.2) is 0 Å². The fraction of sp³-hybridized carbons (Fsp3) is 0.615. The number of hydrogen-bond acceptors (Lipinski definition) is 3. The number of allylic oxidation sites excluding steroid dienone is 2. The molecular formula is C13H17N3O3. The van der Waals surface area contributed by atoms with Gasteiger partial charge in [0, 0.05) is 12.5 Å². The fourth-order valence-electron chi connectivity index (χ4n) is 3.09. The normalized spacial score (nSPS) is 33.7. The Morgan fingerprint density at radius 3 is 2.84 bits per heavy atom. The predicted octanol–water partition coefficient (Wildman–Crippen LogP) is 0.153. The SMILES string of the molecule is O=C1NC(=O)C2(CCN(C(=O)C3CC=CCC3)C2)N1. The van der Waals surface area contributed by atoms with Crippen LogP contribution in [0.5, 0.6) is 0 Å². The van der Waals surface area contributed by atoms with Crippen molar-refractivity contribution in [3.63, 3.8) is 0 Å². The third-order valence-electron chi connectivity index (χ3n) is 4.21. The second kappa shape index (κ2) is 4.36. The van der Waals surface area contributed by atoms with Crippen LogP contribution in [0.3, 0.4) is 0 Å². The number of rotatable bonds is 1. The lowest BCUT2D eigenvalue weighted by Crippen LogP contribution is -2.50. The van der Waals surface area contributed by atoms with Crippen molar-refractivity contribution < 1.29 is 14.4 Å². The van der Waals surface area contributed by atoms with E-state index in [1.165, 1.54) is 0 Å². The van der Waals surface area contributed by atoms with Gasteiger partial charge in [0.25, 0.3) is 5.91 Å². The molecular weight excluding hydrogens is 246 g/mol. The highest BCUT2D eigenvalue weighted by Gasteiger charge is 2.52. The molecule has 1 spiro atoms. The van der Waals surface area contributed by atoms with Gasteiger partial charge in [-0.15, -0.1) is 0 Å². The Hall–Kier alpha value is -1.85. The first-order valence-electron chi connectivity index (χ1n) is 6.68. The van der Waals surface area contributed by atoms with Gasteiger partial charge in [-0.3, -0.25) is 14.9 Å². The average Bonchev–Trinajstić information content (AvgIpc) is 2.95. The minimum Gasteiger partial charge on any atom is -0.339 e. The Bertz CT molecular complexity index is 474. The zero-order valence-corrected chi connectivity index (χ0v) is 10.6. The standard InChI is InChI=1S/C13H17N3O3/c17-10(9-4-2-1-3-5-9)16-7-6-13(8-16)11(18)14-12(19)15-13/h1-2,9H,3-8H2,(H2,14,15,18,19). The van der Waals surface area contributed by atoms with Crippen molar-refractivity contribution in [3.8, 4) is 0 Å². The zero-order chi connectivity index (χ0) is 13.5. The Kier molecular flexibility index (Phi) is 2.80. The Morgan fingerprint density at radius 1 is 1.37 bits per heavy atom. The van der Waals surface area contributed by atoms with Crippen molar-refractivity contribution in [2.75, 3.05) is 13.1 Å². The Labute approximate surface area is 111 Å². The molecule has 2 heterocycles. The van der Waals surface area contributed by atoms with Crippen LogP contribution in [-0.2, 0) is 9.59 Å². The molecule has 19 heavy (non-hydrogen) atoms. The number of urea groups is 1. The summed E-state index contributed by atoms with van der Waals surface area (Å²) in [5.74, 6) is -0.174. The summed E-state index contributed by atoms with van der Waals surface area (Å²) in [7, 11) is 0. The molecule has 0 aromatic heterocycles. The van der Waals surface area contributed by atoms with Gasteiger partial charge in [-0.1, -0.05) is 12.2 Å². The maximum atomic E-state index is 12.4. The average molecular weight is 263 g/mol. The molecule has 0 radical (unpaired) electrons. The predicted molar refractivity (Wildman–Crippen MR) is 67.1 cm³/mol. The monoisotopic (exact) mass is 263 g/mol. The molecule has 2 unspecified atom stereocenters. The minimum absolute atomic E-state index is 0.0281. The summed E-state index contributed by atoms with van der Waals surface area (Å²) in [6.45, 7) is 0.830. The summed E-state index contributed by atoms with van der Waals surface area (Å²) in [4.78, 5) is 37.1. The number of amides is 4. The lowest BCUT2D eigenvalue weighted by Gasteiger charge is -2.25. The van der Waals surface area contributed by atoms with Gasteiger partial charge >= 0.3 is 6.03 Å². The van der Waals surface area contributed by atoms with Gasteiger partial charge < -0.3 is 10.2 Å². The summed E-state index contributed by atoms with van der Waals surface area (Å²) in [5.41, 5.74) is -0.892. The summed E-state index contributed by atoms with van der Waals surface area (Å²) >= 11 is 0. The smallest absolute Gasteiger partial charge is 0.322 e. The first-order valence-corrected chi connectivity index (χ1v) is 6.68. The van der Waals surface area contributed by atoms with Crippen LogP contribution in [0.1, 0.15) is 25.7 Å². The van der Waals surface area contributed by atoms with Crippen molar-refractivity contribution in [3.05, 3.63) is 12.2 Å². The number of carbonyl (C=O) groups is 3. The first-order chi connectivity index (χ1) is 9.11. The molecule has 6 heteroatoms. The number of carbonyl (C=O) groups excluding carboxylic acids is 3. The van der Waals surface area contributed by atoms with E-state index in [-0.39, 0.29) is 17.7 Å². The quantitative estimate of drug-likeness (QED) is 0.522. The summed E-state index contributed by atoms with van der Waals surface area (Å²) in [6.07, 6.45) is 7.23. The van der Waals surface area contributed by atoms with E-state index >= 15 is 0 Å². The van der Waals surface area contributed by atoms with Gasteiger partial charge in [-0.2, -0.15) is 0 Å². The summed E-state index contributed by atoms with van der Waals surface area (Å²) < 4.78 is 0. The fourth-order valence-corrected chi connectivity index (χ4v) is 3.09. The van der Waals surface area contributed by atoms with Crippen molar-refractivity contribution in [2.24, 2.45) is 5.92 Å². The maximum absolute atomic E-state index is 12.4. The first kappa shape index (κ1) is 12.2. The highest BCUT2D eigenvalue weighted by atomic mass is 16.2. The zero-order valence-electron chi connectivity index (χ0n) is 10.6. The van der Waals surface area contributed by atoms with Gasteiger partial charge in [0.05, 0.1) is 6.54 Å². The van der Waals surface area contributed by atoms with Crippen LogP contribution >= 0.6 is 0 Å². The largest absolute Gasteiger partial charge is 0.339 e. The highest BCUT2D eigenvalue weighted by molar-refractivity contribution is 6.07. The third kappa shape index (κ3) is 2.01. The molecule has 0 aromatic carbocycles. The van der Waals surface area contributed by atoms with Crippen LogP contribution in [0.15, 0.2) is 12.2 Å². The topological polar surface area (TPSA) is 78.5 Å². The second-order valence-corrected chi connectivity index (χ2v) is 5.48. The van der Waals surface area contributed by atoms with E-state index in [4.69, 9.17) is 0 Å². The molecule has 2 saturated heterocycles. The molecule has 3 aliphatic rings. The molecule has 0 saturated carbocycles. The van der Waals surface area contributed by atoms with Crippen LogP contribution in [0.2, 0.25) is 0 Å². The molecule has 6 nitrogen and oxygen atoms in total. The molecule has 3 rings (SSSR count). The van der Waals surface area contributed by atoms with Crippen LogP contribution < -0.4 is 10.6 Å². The van der Waals surface area contributed by atoms with Gasteiger partial charge in [0.2, 0.25) is 5.91 Å². The minimum atomic E-state index is -0.892. The lowest BCUT2D eigenvalue weighted by atomic mass is 9.93. The second-order valence-electron chi connectivity index (χ2n) is 5.48. The molecule has 2 N–H and O–H groups in total. The maximum Gasteiger partial charge on any atom is 0.322 e. The van der Waals surface area contributed by atoms with E-state index in [1.807, 2.05) is 6.08 Å². The van der Waals surface area contributed by atoms with Crippen molar-refractivity contribution in [1.82, 2.24) is 15.5 Å². The number of nitrogens with one attached hydrogen (secondary N) is 2. The van der Waals surface area contributed by atoms with Gasteiger partial charge in [0.1, 0.15) is 5.54 Å². The van der Waals surface area contributed by atoms with E-state index in [1.54, 1.807) is 4.90 Å². The molecule has 2 fully saturated rings. The lowest BCUT2D eigenvalue weighted by molar-refractivity contribution is -0.135. The van der Waals surface area contributed by atoms with Gasteiger partial charge in [-0.25, -0.2) is 4.79 Å². The van der Waals surface area contributed by atoms with E-state index in [2.05, 4.69) is 16.7 Å². The van der Waals surface area contributed by atoms with E-state index in [9.17, 15) is 14.4 Å². The number of imide groups is 1. The van der Waals surface area contributed by atoms with Crippen molar-refractivity contribution in [1.29, 1.82) is 0 Å². The van der Waals surface area contributed by atoms with Crippen molar-refractivity contribution in [2.45, 2.75) is 31.2 Å². The van der Waals surface area contributed by atoms with E-state index < -0.39 is 11.6 Å². The molecule has 102 valence electrons. The Balaban J connectivity index is 1.69. The number of likely N-dealkylation sites (tertiary alicyclic amines) is 1. The third-order valence-corrected chi connectivity index (χ3v) is 4.21. The van der Waals surface area contributed by atoms with E-state index in [0.29, 0.717) is 19.5 Å².